The van der Waals surface area contributed by atoms with Crippen molar-refractivity contribution in [2.75, 3.05) is 6.61 Å². The lowest BCUT2D eigenvalue weighted by Crippen LogP contribution is -2.61. The first kappa shape index (κ1) is 20.4. The number of hydrogen-bond acceptors (Lipinski definition) is 6. The van der Waals surface area contributed by atoms with E-state index in [-0.39, 0.29) is 13.2 Å². The van der Waals surface area contributed by atoms with Crippen LogP contribution in [-0.4, -0.2) is 40.5 Å². The minimum atomic E-state index is -1.86. The van der Waals surface area contributed by atoms with Crippen LogP contribution in [0.5, 0.6) is 0 Å². The van der Waals surface area contributed by atoms with Gasteiger partial charge < -0.3 is 25.0 Å². The van der Waals surface area contributed by atoms with E-state index in [2.05, 4.69) is 5.32 Å². The van der Waals surface area contributed by atoms with Crippen molar-refractivity contribution in [2.24, 2.45) is 0 Å². The van der Waals surface area contributed by atoms with Gasteiger partial charge in [0.25, 0.3) is 0 Å². The molecule has 3 N–H and O–H groups in total. The van der Waals surface area contributed by atoms with Crippen molar-refractivity contribution in [3.63, 3.8) is 0 Å². The summed E-state index contributed by atoms with van der Waals surface area (Å²) < 4.78 is 10.3. The predicted molar refractivity (Wildman–Crippen MR) is 97.5 cm³/mol. The van der Waals surface area contributed by atoms with Crippen LogP contribution in [-0.2, 0) is 27.5 Å². The summed E-state index contributed by atoms with van der Waals surface area (Å²) in [7, 11) is 0. The summed E-state index contributed by atoms with van der Waals surface area (Å²) >= 11 is 0. The van der Waals surface area contributed by atoms with Crippen LogP contribution in [0.2, 0.25) is 0 Å². The van der Waals surface area contributed by atoms with Crippen molar-refractivity contribution in [1.82, 2.24) is 5.32 Å². The largest absolute Gasteiger partial charge is 0.459 e. The number of nitrogens with one attached hydrogen (secondary N) is 1. The lowest BCUT2D eigenvalue weighted by atomic mass is 9.95. The zero-order chi connectivity index (χ0) is 19.7. The molecule has 0 aliphatic heterocycles. The number of hydrogen-bond donors (Lipinski definition) is 3. The molecule has 0 bridgehead atoms. The number of carbonyl (C=O) groups excluding carboxylic acids is 2. The van der Waals surface area contributed by atoms with Gasteiger partial charge in [-0.3, -0.25) is 0 Å². The number of aliphatic hydroxyl groups excluding tert-OH is 2. The Labute approximate surface area is 157 Å². The Morgan fingerprint density at radius 1 is 0.963 bits per heavy atom. The average molecular weight is 373 g/mol. The number of ether oxygens (including phenoxy) is 2. The van der Waals surface area contributed by atoms with Gasteiger partial charge in [-0.25, -0.2) is 9.59 Å². The van der Waals surface area contributed by atoms with E-state index in [0.29, 0.717) is 0 Å². The Hall–Kier alpha value is -2.90. The van der Waals surface area contributed by atoms with Crippen molar-refractivity contribution >= 4 is 12.1 Å². The molecule has 2 atom stereocenters. The Kier molecular flexibility index (Phi) is 7.34. The molecule has 0 aromatic heterocycles. The third-order valence-electron chi connectivity index (χ3n) is 4.05. The van der Waals surface area contributed by atoms with Crippen LogP contribution in [0.15, 0.2) is 60.7 Å². The van der Waals surface area contributed by atoms with Gasteiger partial charge in [-0.15, -0.1) is 0 Å². The minimum absolute atomic E-state index is 0.00294. The van der Waals surface area contributed by atoms with E-state index in [0.717, 1.165) is 11.1 Å². The van der Waals surface area contributed by atoms with Gasteiger partial charge in [-0.05, 0) is 18.1 Å². The topological polar surface area (TPSA) is 105 Å². The molecule has 2 aromatic rings. The molecule has 0 unspecified atom stereocenters. The number of benzene rings is 2. The van der Waals surface area contributed by atoms with Crippen molar-refractivity contribution in [3.8, 4) is 0 Å². The van der Waals surface area contributed by atoms with Crippen LogP contribution < -0.4 is 5.32 Å². The summed E-state index contributed by atoms with van der Waals surface area (Å²) in [4.78, 5) is 24.6. The van der Waals surface area contributed by atoms with Crippen LogP contribution in [0.1, 0.15) is 18.1 Å². The zero-order valence-electron chi connectivity index (χ0n) is 15.0. The maximum atomic E-state index is 12.5. The zero-order valence-corrected chi connectivity index (χ0v) is 15.0. The fourth-order valence-corrected chi connectivity index (χ4v) is 2.30. The lowest BCUT2D eigenvalue weighted by molar-refractivity contribution is -0.158. The maximum absolute atomic E-state index is 12.5. The molecule has 7 heteroatoms. The van der Waals surface area contributed by atoms with Crippen molar-refractivity contribution in [2.45, 2.75) is 31.8 Å². The number of aliphatic hydroxyl groups is 2. The third-order valence-corrected chi connectivity index (χ3v) is 4.05. The molecule has 0 fully saturated rings. The highest BCUT2D eigenvalue weighted by Crippen LogP contribution is 2.15. The van der Waals surface area contributed by atoms with E-state index in [9.17, 15) is 19.8 Å². The first-order valence-electron chi connectivity index (χ1n) is 8.44. The normalized spacial score (nSPS) is 13.9. The van der Waals surface area contributed by atoms with Crippen LogP contribution >= 0.6 is 0 Å². The Balaban J connectivity index is 1.98. The monoisotopic (exact) mass is 373 g/mol. The molecule has 7 nitrogen and oxygen atoms in total. The number of carbonyl (C=O) groups is 2. The smallest absolute Gasteiger partial charge is 0.408 e. The van der Waals surface area contributed by atoms with Crippen LogP contribution in [0, 0.1) is 0 Å². The molecule has 2 rings (SSSR count). The van der Waals surface area contributed by atoms with E-state index in [1.165, 1.54) is 6.92 Å². The van der Waals surface area contributed by atoms with Crippen LogP contribution in [0.25, 0.3) is 0 Å². The molecule has 2 aromatic carbocycles. The van der Waals surface area contributed by atoms with E-state index in [1.807, 2.05) is 12.1 Å². The Morgan fingerprint density at radius 2 is 1.44 bits per heavy atom. The molecule has 0 saturated heterocycles. The van der Waals surface area contributed by atoms with Crippen LogP contribution in [0.4, 0.5) is 4.79 Å². The first-order chi connectivity index (χ1) is 13.0. The van der Waals surface area contributed by atoms with Gasteiger partial charge in [-0.1, -0.05) is 60.7 Å². The summed E-state index contributed by atoms with van der Waals surface area (Å²) in [6, 6.07) is 18.0. The second kappa shape index (κ2) is 9.70. The van der Waals surface area contributed by atoms with Gasteiger partial charge in [0.1, 0.15) is 19.3 Å². The number of esters is 1. The van der Waals surface area contributed by atoms with Gasteiger partial charge in [0, 0.05) is 0 Å². The fraction of sp³-hybridized carbons (Fsp3) is 0.300. The van der Waals surface area contributed by atoms with Crippen LogP contribution in [0.3, 0.4) is 0 Å². The maximum Gasteiger partial charge on any atom is 0.408 e. The van der Waals surface area contributed by atoms with E-state index < -0.39 is 30.3 Å². The van der Waals surface area contributed by atoms with Crippen molar-refractivity contribution < 1.29 is 29.3 Å². The van der Waals surface area contributed by atoms with E-state index >= 15 is 0 Å². The summed E-state index contributed by atoms with van der Waals surface area (Å²) in [6.45, 7) is 0.492. The number of amides is 1. The van der Waals surface area contributed by atoms with Gasteiger partial charge in [-0.2, -0.15) is 0 Å². The molecule has 1 amide bonds. The summed E-state index contributed by atoms with van der Waals surface area (Å²) in [6.07, 6.45) is -2.48. The Bertz CT molecular complexity index is 737. The van der Waals surface area contributed by atoms with E-state index in [1.54, 1.807) is 48.5 Å². The predicted octanol–water partition coefficient (Wildman–Crippen LogP) is 1.77. The molecule has 0 aliphatic carbocycles. The molecule has 27 heavy (non-hydrogen) atoms. The minimum Gasteiger partial charge on any atom is -0.459 e. The lowest BCUT2D eigenvalue weighted by Gasteiger charge is -2.31. The average Bonchev–Trinajstić information content (AvgIpc) is 2.71. The van der Waals surface area contributed by atoms with Gasteiger partial charge in [0.05, 0.1) is 6.61 Å². The van der Waals surface area contributed by atoms with Gasteiger partial charge in [0.15, 0.2) is 5.54 Å². The van der Waals surface area contributed by atoms with E-state index in [4.69, 9.17) is 9.47 Å². The third kappa shape index (κ3) is 5.80. The number of rotatable bonds is 8. The fourth-order valence-electron chi connectivity index (χ4n) is 2.30. The first-order valence-corrected chi connectivity index (χ1v) is 8.44. The second-order valence-corrected chi connectivity index (χ2v) is 6.15. The standard InChI is InChI=1S/C20H23NO6/c1-20(17(23)12-22,18(24)26-13-15-8-4-2-5-9-15)21-19(25)27-14-16-10-6-3-7-11-16/h2-11,17,22-23H,12-14H2,1H3,(H,21,25)/t17-,20+/m1/s1. The highest BCUT2D eigenvalue weighted by atomic mass is 16.6. The number of alkyl carbamates (subject to hydrolysis) is 1. The van der Waals surface area contributed by atoms with Crippen molar-refractivity contribution in [1.29, 1.82) is 0 Å². The summed E-state index contributed by atoms with van der Waals surface area (Å²) in [5, 5.41) is 21.6. The SMILES string of the molecule is C[C@@](NC(=O)OCc1ccccc1)(C(=O)OCc1ccccc1)[C@H](O)CO. The molecule has 0 aliphatic rings. The molecule has 0 saturated carbocycles. The molecule has 0 spiro atoms. The molecule has 0 radical (unpaired) electrons. The quantitative estimate of drug-likeness (QED) is 0.609. The highest BCUT2D eigenvalue weighted by Gasteiger charge is 2.44. The molecular weight excluding hydrogens is 350 g/mol. The molecule has 0 heterocycles. The summed E-state index contributed by atoms with van der Waals surface area (Å²) in [5.74, 6) is -0.885. The second-order valence-electron chi connectivity index (χ2n) is 6.15. The molecule has 144 valence electrons. The highest BCUT2D eigenvalue weighted by molar-refractivity contribution is 5.86. The van der Waals surface area contributed by atoms with Gasteiger partial charge >= 0.3 is 12.1 Å². The Morgan fingerprint density at radius 3 is 1.93 bits per heavy atom. The van der Waals surface area contributed by atoms with Crippen molar-refractivity contribution in [3.05, 3.63) is 71.8 Å². The molecular formula is C20H23NO6. The summed E-state index contributed by atoms with van der Waals surface area (Å²) in [5.41, 5.74) is -0.348. The van der Waals surface area contributed by atoms with Gasteiger partial charge in [0.2, 0.25) is 0 Å².